The lowest BCUT2D eigenvalue weighted by molar-refractivity contribution is 0.474. The van der Waals surface area contributed by atoms with Gasteiger partial charge in [0.05, 0.1) is 26.5 Å². The maximum absolute atomic E-state index is 9.97. The molecule has 0 saturated carbocycles. The predicted molar refractivity (Wildman–Crippen MR) is 95.4 cm³/mol. The average Bonchev–Trinajstić information content (AvgIpc) is 2.41. The van der Waals surface area contributed by atoms with E-state index >= 15 is 0 Å². The Bertz CT molecular complexity index is 738. The molecule has 22 heavy (non-hydrogen) atoms. The molecule has 0 saturated heterocycles. The molecule has 0 unspecified atom stereocenters. The van der Waals surface area contributed by atoms with Gasteiger partial charge < -0.3 is 5.11 Å². The number of nitrogens with one attached hydrogen (secondary N) is 1. The van der Waals surface area contributed by atoms with Gasteiger partial charge in [-0.3, -0.25) is 5.43 Å². The molecular weight excluding hydrogens is 389 g/mol. The first-order valence-corrected chi connectivity index (χ1v) is 7.81. The highest BCUT2D eigenvalue weighted by atomic mass is 35.5. The maximum atomic E-state index is 9.97. The molecule has 0 heterocycles. The van der Waals surface area contributed by atoms with Crippen molar-refractivity contribution >= 4 is 69.4 Å². The second-order valence-corrected chi connectivity index (χ2v) is 6.43. The Balaban J connectivity index is 2.35. The zero-order valence-electron chi connectivity index (χ0n) is 11.1. The lowest BCUT2D eigenvalue weighted by atomic mass is 10.1. The Kier molecular flexibility index (Phi) is 5.70. The van der Waals surface area contributed by atoms with E-state index in [-0.39, 0.29) is 10.8 Å². The third kappa shape index (κ3) is 3.92. The predicted octanol–water partition coefficient (Wildman–Crippen LogP) is 6.50. The van der Waals surface area contributed by atoms with Crippen molar-refractivity contribution in [1.29, 1.82) is 0 Å². The largest absolute Gasteiger partial charge is 0.506 e. The van der Waals surface area contributed by atoms with E-state index in [2.05, 4.69) is 10.5 Å². The standard InChI is InChI=1S/C14H9Cl5N2O/c1-6(9-2-7(15)5-12(19)14(9)22)20-21-13-10(17)3-8(16)4-11(13)18/h2-5,21-22H,1H3/b20-6-. The summed E-state index contributed by atoms with van der Waals surface area (Å²) in [6.45, 7) is 1.67. The number of anilines is 1. The maximum Gasteiger partial charge on any atom is 0.143 e. The molecular formula is C14H9Cl5N2O. The zero-order chi connectivity index (χ0) is 16.4. The molecule has 2 aromatic rings. The van der Waals surface area contributed by atoms with Crippen LogP contribution in [0.15, 0.2) is 29.4 Å². The van der Waals surface area contributed by atoms with Gasteiger partial charge in [-0.1, -0.05) is 58.0 Å². The van der Waals surface area contributed by atoms with Crippen LogP contribution < -0.4 is 5.43 Å². The highest BCUT2D eigenvalue weighted by Gasteiger charge is 2.12. The first-order chi connectivity index (χ1) is 10.3. The van der Waals surface area contributed by atoms with E-state index in [1.807, 2.05) is 0 Å². The molecule has 0 spiro atoms. The Labute approximate surface area is 152 Å². The van der Waals surface area contributed by atoms with E-state index in [9.17, 15) is 5.11 Å². The molecule has 0 aromatic heterocycles. The Morgan fingerprint density at radius 2 is 1.41 bits per heavy atom. The number of benzene rings is 2. The Hall–Kier alpha value is -0.840. The molecule has 0 aliphatic rings. The minimum atomic E-state index is -0.109. The summed E-state index contributed by atoms with van der Waals surface area (Å²) < 4.78 is 0. The van der Waals surface area contributed by atoms with Crippen LogP contribution in [-0.2, 0) is 0 Å². The molecule has 0 bridgehead atoms. The molecule has 2 rings (SSSR count). The number of rotatable bonds is 3. The highest BCUT2D eigenvalue weighted by Crippen LogP contribution is 2.34. The fourth-order valence-electron chi connectivity index (χ4n) is 1.69. The van der Waals surface area contributed by atoms with Gasteiger partial charge in [0.15, 0.2) is 0 Å². The third-order valence-electron chi connectivity index (χ3n) is 2.76. The summed E-state index contributed by atoms with van der Waals surface area (Å²) >= 11 is 29.8. The molecule has 0 atom stereocenters. The van der Waals surface area contributed by atoms with E-state index in [4.69, 9.17) is 58.0 Å². The van der Waals surface area contributed by atoms with Crippen LogP contribution in [-0.4, -0.2) is 10.8 Å². The smallest absolute Gasteiger partial charge is 0.143 e. The van der Waals surface area contributed by atoms with Gasteiger partial charge in [0, 0.05) is 15.6 Å². The van der Waals surface area contributed by atoms with Crippen molar-refractivity contribution in [3.05, 3.63) is 54.9 Å². The number of phenols is 1. The fourth-order valence-corrected chi connectivity index (χ4v) is 3.09. The molecule has 0 aliphatic carbocycles. The second kappa shape index (κ2) is 7.16. The fraction of sp³-hybridized carbons (Fsp3) is 0.0714. The van der Waals surface area contributed by atoms with Crippen LogP contribution in [0.2, 0.25) is 25.1 Å². The minimum absolute atomic E-state index is 0.109. The van der Waals surface area contributed by atoms with Gasteiger partial charge in [-0.15, -0.1) is 0 Å². The van der Waals surface area contributed by atoms with Crippen LogP contribution in [0.3, 0.4) is 0 Å². The van der Waals surface area contributed by atoms with E-state index in [0.29, 0.717) is 37.1 Å². The van der Waals surface area contributed by atoms with Gasteiger partial charge in [-0.2, -0.15) is 5.10 Å². The summed E-state index contributed by atoms with van der Waals surface area (Å²) in [5.74, 6) is -0.109. The van der Waals surface area contributed by atoms with Crippen LogP contribution >= 0.6 is 58.0 Å². The topological polar surface area (TPSA) is 44.6 Å². The number of nitrogens with zero attached hydrogens (tertiary/aromatic N) is 1. The van der Waals surface area contributed by atoms with Crippen molar-refractivity contribution in [2.45, 2.75) is 6.92 Å². The van der Waals surface area contributed by atoms with Gasteiger partial charge in [0.2, 0.25) is 0 Å². The summed E-state index contributed by atoms with van der Waals surface area (Å²) in [5, 5.41) is 15.7. The number of hydrogen-bond acceptors (Lipinski definition) is 3. The first kappa shape index (κ1) is 17.5. The van der Waals surface area contributed by atoms with Gasteiger partial charge in [-0.25, -0.2) is 0 Å². The summed E-state index contributed by atoms with van der Waals surface area (Å²) in [5.41, 5.74) is 3.99. The van der Waals surface area contributed by atoms with Gasteiger partial charge in [0.25, 0.3) is 0 Å². The van der Waals surface area contributed by atoms with Crippen LogP contribution in [0, 0.1) is 0 Å². The van der Waals surface area contributed by atoms with Crippen molar-refractivity contribution in [2.75, 3.05) is 5.43 Å². The number of hydrazone groups is 1. The zero-order valence-corrected chi connectivity index (χ0v) is 14.9. The van der Waals surface area contributed by atoms with E-state index in [0.717, 1.165) is 0 Å². The first-order valence-electron chi connectivity index (χ1n) is 5.93. The molecule has 2 aromatic carbocycles. The number of hydrogen-bond donors (Lipinski definition) is 2. The Morgan fingerprint density at radius 1 is 0.909 bits per heavy atom. The van der Waals surface area contributed by atoms with Crippen molar-refractivity contribution in [3.8, 4) is 5.75 Å². The monoisotopic (exact) mass is 396 g/mol. The lowest BCUT2D eigenvalue weighted by Gasteiger charge is -2.10. The molecule has 8 heteroatoms. The average molecular weight is 399 g/mol. The molecule has 3 nitrogen and oxygen atoms in total. The summed E-state index contributed by atoms with van der Waals surface area (Å²) in [6.07, 6.45) is 0. The second-order valence-electron chi connectivity index (χ2n) is 4.34. The van der Waals surface area contributed by atoms with Gasteiger partial charge in [0.1, 0.15) is 5.75 Å². The lowest BCUT2D eigenvalue weighted by Crippen LogP contribution is -2.01. The number of aromatic hydroxyl groups is 1. The molecule has 116 valence electrons. The number of phenolic OH excluding ortho intramolecular Hbond substituents is 1. The van der Waals surface area contributed by atoms with E-state index in [1.54, 1.807) is 13.0 Å². The highest BCUT2D eigenvalue weighted by molar-refractivity contribution is 6.41. The molecule has 0 fully saturated rings. The van der Waals surface area contributed by atoms with Crippen LogP contribution in [0.5, 0.6) is 5.75 Å². The van der Waals surface area contributed by atoms with Crippen LogP contribution in [0.4, 0.5) is 5.69 Å². The summed E-state index contributed by atoms with van der Waals surface area (Å²) in [6, 6.07) is 6.07. The van der Waals surface area contributed by atoms with Gasteiger partial charge in [-0.05, 0) is 31.2 Å². The molecule has 2 N–H and O–H groups in total. The van der Waals surface area contributed by atoms with Crippen molar-refractivity contribution in [1.82, 2.24) is 0 Å². The van der Waals surface area contributed by atoms with E-state index < -0.39 is 0 Å². The summed E-state index contributed by atoms with van der Waals surface area (Å²) in [7, 11) is 0. The molecule has 0 radical (unpaired) electrons. The SMILES string of the molecule is C/C(=N/Nc1c(Cl)cc(Cl)cc1Cl)c1cc(Cl)cc(Cl)c1O. The van der Waals surface area contributed by atoms with E-state index in [1.165, 1.54) is 18.2 Å². The summed E-state index contributed by atoms with van der Waals surface area (Å²) in [4.78, 5) is 0. The van der Waals surface area contributed by atoms with Crippen molar-refractivity contribution in [2.24, 2.45) is 5.10 Å². The minimum Gasteiger partial charge on any atom is -0.506 e. The van der Waals surface area contributed by atoms with Crippen LogP contribution in [0.1, 0.15) is 12.5 Å². The molecule has 0 amide bonds. The molecule has 0 aliphatic heterocycles. The number of halogens is 5. The normalized spacial score (nSPS) is 11.6. The quantitative estimate of drug-likeness (QED) is 0.458. The Morgan fingerprint density at radius 3 is 2.00 bits per heavy atom. The van der Waals surface area contributed by atoms with Crippen LogP contribution in [0.25, 0.3) is 0 Å². The van der Waals surface area contributed by atoms with Crippen molar-refractivity contribution < 1.29 is 5.11 Å². The third-order valence-corrected chi connectivity index (χ3v) is 4.08. The van der Waals surface area contributed by atoms with Crippen molar-refractivity contribution in [3.63, 3.8) is 0 Å². The van der Waals surface area contributed by atoms with Gasteiger partial charge >= 0.3 is 0 Å².